The van der Waals surface area contributed by atoms with Gasteiger partial charge >= 0.3 is 6.36 Å². The van der Waals surface area contributed by atoms with E-state index in [9.17, 15) is 31.5 Å². The minimum atomic E-state index is -4.98. The number of carbonyl (C=O) groups is 2. The fraction of sp³-hybridized carbons (Fsp3) is 0.200. The summed E-state index contributed by atoms with van der Waals surface area (Å²) in [6.45, 7) is 4.07. The van der Waals surface area contributed by atoms with Crippen LogP contribution in [0.4, 0.5) is 27.8 Å². The van der Waals surface area contributed by atoms with Crippen LogP contribution in [0.5, 0.6) is 5.75 Å². The van der Waals surface area contributed by atoms with Gasteiger partial charge in [-0.15, -0.1) is 13.2 Å². The molecule has 0 spiro atoms. The summed E-state index contributed by atoms with van der Waals surface area (Å²) in [6, 6.07) is 7.07. The van der Waals surface area contributed by atoms with E-state index in [2.05, 4.69) is 25.5 Å². The molecule has 0 saturated heterocycles. The number of nitrogens with one attached hydrogen (secondary N) is 2. The Morgan fingerprint density at radius 3 is 2.47 bits per heavy atom. The first kappa shape index (κ1) is 26.5. The highest BCUT2D eigenvalue weighted by atomic mass is 19.4. The van der Waals surface area contributed by atoms with Crippen molar-refractivity contribution in [1.29, 1.82) is 0 Å². The quantitative estimate of drug-likeness (QED) is 0.327. The maximum Gasteiger partial charge on any atom is 0.573 e. The lowest BCUT2D eigenvalue weighted by Gasteiger charge is -2.18. The Hall–Kier alpha value is -4.55. The van der Waals surface area contributed by atoms with E-state index in [0.29, 0.717) is 5.65 Å². The van der Waals surface area contributed by atoms with Gasteiger partial charge in [0.25, 0.3) is 5.91 Å². The monoisotopic (exact) mass is 533 g/mol. The molecule has 1 atom stereocenters. The van der Waals surface area contributed by atoms with Gasteiger partial charge in [0.15, 0.2) is 11.5 Å². The van der Waals surface area contributed by atoms with Crippen LogP contribution in [0.15, 0.2) is 48.7 Å². The minimum Gasteiger partial charge on any atom is -0.406 e. The van der Waals surface area contributed by atoms with Gasteiger partial charge in [0, 0.05) is 23.6 Å². The first-order valence-corrected chi connectivity index (χ1v) is 11.1. The maximum absolute atomic E-state index is 14.8. The fourth-order valence-corrected chi connectivity index (χ4v) is 3.74. The lowest BCUT2D eigenvalue weighted by Crippen LogP contribution is -2.28. The molecule has 2 heterocycles. The lowest BCUT2D eigenvalue weighted by atomic mass is 10.0. The van der Waals surface area contributed by atoms with Crippen molar-refractivity contribution in [2.24, 2.45) is 0 Å². The molecular formula is C25H20F5N5O3. The van der Waals surface area contributed by atoms with Crippen molar-refractivity contribution in [2.75, 3.05) is 5.32 Å². The zero-order chi connectivity index (χ0) is 27.8. The molecule has 0 aliphatic rings. The van der Waals surface area contributed by atoms with E-state index in [-0.39, 0.29) is 39.7 Å². The molecule has 1 unspecified atom stereocenters. The van der Waals surface area contributed by atoms with Crippen molar-refractivity contribution in [3.8, 4) is 17.0 Å². The Bertz CT molecular complexity index is 1550. The summed E-state index contributed by atoms with van der Waals surface area (Å²) in [5, 5.41) is 9.37. The van der Waals surface area contributed by atoms with Crippen LogP contribution >= 0.6 is 0 Å². The van der Waals surface area contributed by atoms with E-state index >= 15 is 0 Å². The van der Waals surface area contributed by atoms with Crippen LogP contribution in [-0.2, 0) is 4.79 Å². The number of amides is 2. The van der Waals surface area contributed by atoms with Gasteiger partial charge in [-0.05, 0) is 61.9 Å². The first-order chi connectivity index (χ1) is 17.8. The van der Waals surface area contributed by atoms with Gasteiger partial charge < -0.3 is 15.4 Å². The van der Waals surface area contributed by atoms with Crippen LogP contribution < -0.4 is 15.4 Å². The summed E-state index contributed by atoms with van der Waals surface area (Å²) in [5.41, 5.74) is 0.612. The van der Waals surface area contributed by atoms with Crippen LogP contribution in [-0.4, -0.2) is 32.8 Å². The number of hydrogen-bond donors (Lipinski definition) is 2. The zero-order valence-electron chi connectivity index (χ0n) is 20.2. The van der Waals surface area contributed by atoms with E-state index in [1.807, 2.05) is 0 Å². The lowest BCUT2D eigenvalue weighted by molar-refractivity contribution is -0.274. The number of nitrogens with zero attached hydrogens (tertiary/aromatic N) is 3. The number of alkyl halides is 3. The number of ether oxygens (including phenoxy) is 1. The number of carbonyl (C=O) groups excluding carboxylic acids is 2. The molecular weight excluding hydrogens is 513 g/mol. The molecule has 13 heteroatoms. The number of hydrogen-bond acceptors (Lipinski definition) is 5. The molecule has 0 bridgehead atoms. The number of imidazole rings is 1. The summed E-state index contributed by atoms with van der Waals surface area (Å²) in [5.74, 6) is -3.06. The van der Waals surface area contributed by atoms with Crippen molar-refractivity contribution >= 4 is 23.3 Å². The number of benzene rings is 2. The third-order valence-electron chi connectivity index (χ3n) is 5.52. The molecule has 0 aliphatic heterocycles. The van der Waals surface area contributed by atoms with Crippen molar-refractivity contribution in [1.82, 2.24) is 19.9 Å². The van der Waals surface area contributed by atoms with Crippen molar-refractivity contribution in [3.05, 3.63) is 77.0 Å². The summed E-state index contributed by atoms with van der Waals surface area (Å²) in [6.07, 6.45) is -3.51. The molecule has 38 heavy (non-hydrogen) atoms. The van der Waals surface area contributed by atoms with Gasteiger partial charge in [-0.2, -0.15) is 5.10 Å². The third kappa shape index (κ3) is 5.88. The Morgan fingerprint density at radius 1 is 1.05 bits per heavy atom. The number of aromatic nitrogens is 3. The molecule has 2 aromatic heterocycles. The van der Waals surface area contributed by atoms with Gasteiger partial charge in [0.2, 0.25) is 5.91 Å². The summed E-state index contributed by atoms with van der Waals surface area (Å²) in [7, 11) is 0. The molecule has 2 N–H and O–H groups in total. The van der Waals surface area contributed by atoms with E-state index < -0.39 is 35.7 Å². The summed E-state index contributed by atoms with van der Waals surface area (Å²) >= 11 is 0. The Kier molecular flexibility index (Phi) is 7.03. The van der Waals surface area contributed by atoms with Gasteiger partial charge in [-0.1, -0.05) is 0 Å². The second kappa shape index (κ2) is 10.1. The average molecular weight is 533 g/mol. The number of fused-ring (bicyclic) bond motifs is 1. The minimum absolute atomic E-state index is 0.00438. The molecule has 8 nitrogen and oxygen atoms in total. The highest BCUT2D eigenvalue weighted by Crippen LogP contribution is 2.29. The largest absolute Gasteiger partial charge is 0.573 e. The topological polar surface area (TPSA) is 97.6 Å². The third-order valence-corrected chi connectivity index (χ3v) is 5.52. The molecule has 2 aromatic carbocycles. The summed E-state index contributed by atoms with van der Waals surface area (Å²) in [4.78, 5) is 28.5. The summed E-state index contributed by atoms with van der Waals surface area (Å²) < 4.78 is 72.0. The highest BCUT2D eigenvalue weighted by molar-refractivity contribution is 5.97. The van der Waals surface area contributed by atoms with Crippen molar-refractivity contribution in [3.63, 3.8) is 0 Å². The van der Waals surface area contributed by atoms with Gasteiger partial charge in [0.05, 0.1) is 17.9 Å². The predicted octanol–water partition coefficient (Wildman–Crippen LogP) is 5.33. The average Bonchev–Trinajstić information content (AvgIpc) is 3.21. The molecule has 0 fully saturated rings. The van der Waals surface area contributed by atoms with Gasteiger partial charge in [-0.3, -0.25) is 9.59 Å². The number of halogens is 5. The highest BCUT2D eigenvalue weighted by Gasteiger charge is 2.31. The molecule has 0 saturated carbocycles. The zero-order valence-corrected chi connectivity index (χ0v) is 20.2. The predicted molar refractivity (Wildman–Crippen MR) is 126 cm³/mol. The molecule has 0 radical (unpaired) electrons. The standard InChI is InChI=1S/C25H20F5N5O3/c1-12-17(24(37)31-13(2)18-10-16(4-5-19(18)26)38-25(28,29)30)8-15(9-20(12)27)21-6-7-23-33-22(32-14(3)36)11-35(23)34-21/h4-11,13H,1-3H3,(H,31,37)(H,32,36). The van der Waals surface area contributed by atoms with E-state index in [4.69, 9.17) is 0 Å². The molecule has 4 rings (SSSR count). The van der Waals surface area contributed by atoms with Crippen LogP contribution in [0.25, 0.3) is 16.9 Å². The molecule has 0 aliphatic carbocycles. The number of anilines is 1. The SMILES string of the molecule is CC(=O)Nc1cn2nc(-c3cc(F)c(C)c(C(=O)NC(C)c4cc(OC(F)(F)F)ccc4F)c3)ccc2n1. The van der Waals surface area contributed by atoms with E-state index in [1.54, 1.807) is 12.1 Å². The fourth-order valence-electron chi connectivity index (χ4n) is 3.74. The van der Waals surface area contributed by atoms with Crippen LogP contribution in [0, 0.1) is 18.6 Å². The Balaban J connectivity index is 1.62. The molecule has 4 aromatic rings. The normalized spacial score (nSPS) is 12.3. The molecule has 198 valence electrons. The molecule has 2 amide bonds. The van der Waals surface area contributed by atoms with Gasteiger partial charge in [0.1, 0.15) is 17.4 Å². The van der Waals surface area contributed by atoms with E-state index in [1.165, 1.54) is 43.6 Å². The van der Waals surface area contributed by atoms with Gasteiger partial charge in [-0.25, -0.2) is 18.3 Å². The second-order valence-corrected chi connectivity index (χ2v) is 8.39. The Morgan fingerprint density at radius 2 is 1.79 bits per heavy atom. The van der Waals surface area contributed by atoms with Crippen molar-refractivity contribution < 1.29 is 36.3 Å². The maximum atomic E-state index is 14.8. The smallest absolute Gasteiger partial charge is 0.406 e. The number of rotatable bonds is 6. The van der Waals surface area contributed by atoms with Crippen LogP contribution in [0.3, 0.4) is 0 Å². The second-order valence-electron chi connectivity index (χ2n) is 8.39. The van der Waals surface area contributed by atoms with Crippen LogP contribution in [0.1, 0.15) is 41.4 Å². The van der Waals surface area contributed by atoms with Crippen molar-refractivity contribution in [2.45, 2.75) is 33.2 Å². The Labute approximate surface area is 212 Å². The van der Waals surface area contributed by atoms with Crippen LogP contribution in [0.2, 0.25) is 0 Å². The first-order valence-electron chi connectivity index (χ1n) is 11.1. The van der Waals surface area contributed by atoms with E-state index in [0.717, 1.165) is 18.2 Å².